The third kappa shape index (κ3) is 3.09. The molecule has 7 nitrogen and oxygen atoms in total. The number of carbonyl (C=O) groups is 1. The number of hydrogen-bond acceptors (Lipinski definition) is 5. The first-order chi connectivity index (χ1) is 9.51. The van der Waals surface area contributed by atoms with E-state index in [-0.39, 0.29) is 11.8 Å². The SMILES string of the molecule is NCC1CCC(C(=O)Nc2ccc([N+](=O)[O-])c(F)c2)O1. The van der Waals surface area contributed by atoms with E-state index in [2.05, 4.69) is 5.32 Å². The molecule has 0 aromatic heterocycles. The highest BCUT2D eigenvalue weighted by molar-refractivity contribution is 5.94. The van der Waals surface area contributed by atoms with E-state index < -0.39 is 28.4 Å². The quantitative estimate of drug-likeness (QED) is 0.637. The van der Waals surface area contributed by atoms with Crippen molar-refractivity contribution in [2.75, 3.05) is 11.9 Å². The third-order valence-corrected chi connectivity index (χ3v) is 3.07. The van der Waals surface area contributed by atoms with Gasteiger partial charge in [0.15, 0.2) is 0 Å². The molecular formula is C12H14FN3O4. The van der Waals surface area contributed by atoms with Gasteiger partial charge in [-0.05, 0) is 18.9 Å². The average Bonchev–Trinajstić information content (AvgIpc) is 2.87. The summed E-state index contributed by atoms with van der Waals surface area (Å²) in [5.41, 5.74) is 4.96. The smallest absolute Gasteiger partial charge is 0.304 e. The van der Waals surface area contributed by atoms with Crippen molar-refractivity contribution >= 4 is 17.3 Å². The fraction of sp³-hybridized carbons (Fsp3) is 0.417. The Morgan fingerprint density at radius 1 is 1.55 bits per heavy atom. The molecule has 1 fully saturated rings. The van der Waals surface area contributed by atoms with Gasteiger partial charge in [0.05, 0.1) is 11.0 Å². The number of carbonyl (C=O) groups excluding carboxylic acids is 1. The van der Waals surface area contributed by atoms with E-state index in [4.69, 9.17) is 10.5 Å². The zero-order valence-corrected chi connectivity index (χ0v) is 10.5. The molecule has 2 atom stereocenters. The molecule has 1 aliphatic heterocycles. The van der Waals surface area contributed by atoms with Gasteiger partial charge >= 0.3 is 5.69 Å². The molecule has 3 N–H and O–H groups in total. The Hall–Kier alpha value is -2.06. The topological polar surface area (TPSA) is 107 Å². The first-order valence-corrected chi connectivity index (χ1v) is 6.11. The molecule has 0 radical (unpaired) electrons. The van der Waals surface area contributed by atoms with Crippen molar-refractivity contribution in [1.29, 1.82) is 0 Å². The minimum atomic E-state index is -1.00. The van der Waals surface area contributed by atoms with Crippen LogP contribution in [0.3, 0.4) is 0 Å². The van der Waals surface area contributed by atoms with Crippen LogP contribution in [0.2, 0.25) is 0 Å². The molecule has 0 saturated carbocycles. The van der Waals surface area contributed by atoms with E-state index in [1.54, 1.807) is 0 Å². The highest BCUT2D eigenvalue weighted by Crippen LogP contribution is 2.23. The van der Waals surface area contributed by atoms with Crippen molar-refractivity contribution < 1.29 is 18.8 Å². The molecule has 2 rings (SSSR count). The zero-order chi connectivity index (χ0) is 14.7. The lowest BCUT2D eigenvalue weighted by atomic mass is 10.2. The summed E-state index contributed by atoms with van der Waals surface area (Å²) in [7, 11) is 0. The second-order valence-electron chi connectivity index (χ2n) is 4.47. The molecule has 1 amide bonds. The van der Waals surface area contributed by atoms with Gasteiger partial charge in [0, 0.05) is 24.4 Å². The van der Waals surface area contributed by atoms with Gasteiger partial charge in [-0.1, -0.05) is 0 Å². The molecule has 1 aliphatic rings. The maximum absolute atomic E-state index is 13.4. The number of amides is 1. The van der Waals surface area contributed by atoms with Gasteiger partial charge in [-0.15, -0.1) is 0 Å². The van der Waals surface area contributed by atoms with Crippen LogP contribution in [0.1, 0.15) is 12.8 Å². The van der Waals surface area contributed by atoms with Crippen LogP contribution in [0, 0.1) is 15.9 Å². The largest absolute Gasteiger partial charge is 0.364 e. The number of halogens is 1. The van der Waals surface area contributed by atoms with Crippen molar-refractivity contribution in [3.63, 3.8) is 0 Å². The van der Waals surface area contributed by atoms with Crippen LogP contribution in [-0.4, -0.2) is 29.6 Å². The second-order valence-corrected chi connectivity index (χ2v) is 4.47. The Kier molecular flexibility index (Phi) is 4.26. The molecule has 0 bridgehead atoms. The van der Waals surface area contributed by atoms with E-state index >= 15 is 0 Å². The van der Waals surface area contributed by atoms with Crippen LogP contribution in [0.4, 0.5) is 15.8 Å². The molecule has 1 saturated heterocycles. The Morgan fingerprint density at radius 2 is 2.30 bits per heavy atom. The Labute approximate surface area is 114 Å². The van der Waals surface area contributed by atoms with Gasteiger partial charge in [-0.2, -0.15) is 4.39 Å². The van der Waals surface area contributed by atoms with Crippen LogP contribution in [0.5, 0.6) is 0 Å². The molecule has 0 aliphatic carbocycles. The molecular weight excluding hydrogens is 269 g/mol. The number of benzene rings is 1. The van der Waals surface area contributed by atoms with E-state index in [0.717, 1.165) is 12.1 Å². The number of ether oxygens (including phenoxy) is 1. The summed E-state index contributed by atoms with van der Waals surface area (Å²) in [5.74, 6) is -1.41. The number of nitrogens with one attached hydrogen (secondary N) is 1. The molecule has 1 heterocycles. The number of hydrogen-bond donors (Lipinski definition) is 2. The lowest BCUT2D eigenvalue weighted by molar-refractivity contribution is -0.387. The molecule has 108 valence electrons. The van der Waals surface area contributed by atoms with Crippen LogP contribution >= 0.6 is 0 Å². The predicted octanol–water partition coefficient (Wildman–Crippen LogP) is 1.18. The molecule has 1 aromatic carbocycles. The molecule has 8 heteroatoms. The molecule has 20 heavy (non-hydrogen) atoms. The van der Waals surface area contributed by atoms with Crippen molar-refractivity contribution in [2.24, 2.45) is 5.73 Å². The maximum Gasteiger partial charge on any atom is 0.304 e. The van der Waals surface area contributed by atoms with E-state index in [9.17, 15) is 19.3 Å². The van der Waals surface area contributed by atoms with E-state index in [1.807, 2.05) is 0 Å². The van der Waals surface area contributed by atoms with Gasteiger partial charge in [0.25, 0.3) is 5.91 Å². The Bertz CT molecular complexity index is 537. The number of nitrogens with zero attached hydrogens (tertiary/aromatic N) is 1. The van der Waals surface area contributed by atoms with Gasteiger partial charge in [-0.3, -0.25) is 14.9 Å². The van der Waals surface area contributed by atoms with Crippen molar-refractivity contribution in [2.45, 2.75) is 25.0 Å². The molecule has 1 aromatic rings. The standard InChI is InChI=1S/C12H14FN3O4/c13-9-5-7(1-3-10(9)16(18)19)15-12(17)11-4-2-8(6-14)20-11/h1,3,5,8,11H,2,4,6,14H2,(H,15,17). The second kappa shape index (κ2) is 5.93. The van der Waals surface area contributed by atoms with Gasteiger partial charge in [-0.25, -0.2) is 0 Å². The van der Waals surface area contributed by atoms with Gasteiger partial charge < -0.3 is 15.8 Å². The van der Waals surface area contributed by atoms with Crippen LogP contribution in [0.15, 0.2) is 18.2 Å². The summed E-state index contributed by atoms with van der Waals surface area (Å²) in [6.07, 6.45) is 0.480. The van der Waals surface area contributed by atoms with Crippen molar-refractivity contribution in [3.8, 4) is 0 Å². The fourth-order valence-corrected chi connectivity index (χ4v) is 2.03. The van der Waals surface area contributed by atoms with Crippen LogP contribution < -0.4 is 11.1 Å². The number of anilines is 1. The zero-order valence-electron chi connectivity index (χ0n) is 10.5. The predicted molar refractivity (Wildman–Crippen MR) is 68.6 cm³/mol. The highest BCUT2D eigenvalue weighted by atomic mass is 19.1. The lowest BCUT2D eigenvalue weighted by Gasteiger charge is -2.12. The number of nitro benzene ring substituents is 1. The van der Waals surface area contributed by atoms with Crippen molar-refractivity contribution in [1.82, 2.24) is 0 Å². The summed E-state index contributed by atoms with van der Waals surface area (Å²) < 4.78 is 18.8. The Morgan fingerprint density at radius 3 is 2.85 bits per heavy atom. The van der Waals surface area contributed by atoms with E-state index in [1.165, 1.54) is 6.07 Å². The summed E-state index contributed by atoms with van der Waals surface area (Å²) in [4.78, 5) is 21.5. The molecule has 2 unspecified atom stereocenters. The van der Waals surface area contributed by atoms with E-state index in [0.29, 0.717) is 19.4 Å². The number of rotatable bonds is 4. The maximum atomic E-state index is 13.4. The van der Waals surface area contributed by atoms with Gasteiger partial charge in [0.1, 0.15) is 6.10 Å². The van der Waals surface area contributed by atoms with Crippen LogP contribution in [-0.2, 0) is 9.53 Å². The van der Waals surface area contributed by atoms with Gasteiger partial charge in [0.2, 0.25) is 5.82 Å². The fourth-order valence-electron chi connectivity index (χ4n) is 2.03. The molecule has 0 spiro atoms. The number of nitro groups is 1. The normalized spacial score (nSPS) is 21.7. The first kappa shape index (κ1) is 14.4. The minimum Gasteiger partial charge on any atom is -0.364 e. The summed E-state index contributed by atoms with van der Waals surface area (Å²) in [6.45, 7) is 0.343. The van der Waals surface area contributed by atoms with Crippen LogP contribution in [0.25, 0.3) is 0 Å². The first-order valence-electron chi connectivity index (χ1n) is 6.11. The lowest BCUT2D eigenvalue weighted by Crippen LogP contribution is -2.29. The summed E-state index contributed by atoms with van der Waals surface area (Å²) in [6, 6.07) is 3.18. The highest BCUT2D eigenvalue weighted by Gasteiger charge is 2.30. The Balaban J connectivity index is 2.02. The minimum absolute atomic E-state index is 0.139. The third-order valence-electron chi connectivity index (χ3n) is 3.07. The summed E-state index contributed by atoms with van der Waals surface area (Å²) in [5, 5.41) is 12.9. The monoisotopic (exact) mass is 283 g/mol. The average molecular weight is 283 g/mol. The van der Waals surface area contributed by atoms with Crippen molar-refractivity contribution in [3.05, 3.63) is 34.1 Å². The summed E-state index contributed by atoms with van der Waals surface area (Å²) >= 11 is 0. The number of nitrogens with two attached hydrogens (primary N) is 1.